The van der Waals surface area contributed by atoms with Crippen molar-refractivity contribution < 1.29 is 64.6 Å². The lowest BCUT2D eigenvalue weighted by Gasteiger charge is -2.46. The van der Waals surface area contributed by atoms with Crippen LogP contribution in [-0.4, -0.2) is 140 Å². The molecule has 14 nitrogen and oxygen atoms in total. The Hall–Kier alpha value is -3.35. The zero-order valence-electron chi connectivity index (χ0n) is 50.7. The molecule has 2 heterocycles. The zero-order valence-corrected chi connectivity index (χ0v) is 50.7. The molecule has 0 aromatic carbocycles. The second-order valence-corrected chi connectivity index (χ2v) is 22.1. The summed E-state index contributed by atoms with van der Waals surface area (Å²) in [5, 5.41) is 87.1. The number of hydrogen-bond donors (Lipinski definition) is 9. The van der Waals surface area contributed by atoms with Crippen molar-refractivity contribution in [1.82, 2.24) is 5.32 Å². The van der Waals surface area contributed by atoms with Crippen LogP contribution in [0.2, 0.25) is 0 Å². The van der Waals surface area contributed by atoms with Crippen LogP contribution < -0.4 is 5.32 Å². The highest BCUT2D eigenvalue weighted by molar-refractivity contribution is 5.76. The maximum absolute atomic E-state index is 13.3. The SMILES string of the molecule is CC/C=C\C/C=C\C/C=C\C/C=C\C/C=C\C/C=C\C/C=C\CCCCCCCCCCCCCCCC(=O)NC(COC1OC(CO)C(OC2OC(CO)C(O)C(O)C2O)C(O)C1O)C(O)/C=C/CC/C=C/CCCCCCCCC. The van der Waals surface area contributed by atoms with Gasteiger partial charge in [0.2, 0.25) is 5.91 Å². The van der Waals surface area contributed by atoms with E-state index in [1.54, 1.807) is 6.08 Å². The fraction of sp³-hybridized carbons (Fsp3) is 0.721. The predicted molar refractivity (Wildman–Crippen MR) is 332 cm³/mol. The first-order valence-corrected chi connectivity index (χ1v) is 32.1. The topological polar surface area (TPSA) is 228 Å². The van der Waals surface area contributed by atoms with Gasteiger partial charge in [-0.15, -0.1) is 0 Å². The highest BCUT2D eigenvalue weighted by Gasteiger charge is 2.51. The van der Waals surface area contributed by atoms with Gasteiger partial charge >= 0.3 is 0 Å². The lowest BCUT2D eigenvalue weighted by atomic mass is 9.97. The molecule has 2 saturated heterocycles. The summed E-state index contributed by atoms with van der Waals surface area (Å²) >= 11 is 0. The predicted octanol–water partition coefficient (Wildman–Crippen LogP) is 12.0. The molecule has 0 spiro atoms. The Labute approximate surface area is 495 Å². The molecule has 9 N–H and O–H groups in total. The van der Waals surface area contributed by atoms with E-state index in [9.17, 15) is 45.6 Å². The maximum atomic E-state index is 13.3. The van der Waals surface area contributed by atoms with Crippen LogP contribution in [-0.2, 0) is 23.7 Å². The number of amides is 1. The van der Waals surface area contributed by atoms with Crippen molar-refractivity contribution in [3.8, 4) is 0 Å². The number of aliphatic hydroxyl groups is 8. The molecule has 2 aliphatic rings. The fourth-order valence-corrected chi connectivity index (χ4v) is 9.82. The van der Waals surface area contributed by atoms with E-state index in [0.29, 0.717) is 12.8 Å². The molecule has 0 radical (unpaired) electrons. The Bertz CT molecular complexity index is 1790. The minimum absolute atomic E-state index is 0.256. The van der Waals surface area contributed by atoms with Crippen LogP contribution in [0.3, 0.4) is 0 Å². The van der Waals surface area contributed by atoms with Gasteiger partial charge in [-0.25, -0.2) is 0 Å². The molecule has 14 heteroatoms. The van der Waals surface area contributed by atoms with Crippen LogP contribution in [0.15, 0.2) is 109 Å². The fourth-order valence-electron chi connectivity index (χ4n) is 9.82. The Morgan fingerprint density at radius 2 is 0.854 bits per heavy atom. The van der Waals surface area contributed by atoms with Crippen molar-refractivity contribution >= 4 is 5.91 Å². The molecule has 0 aliphatic carbocycles. The summed E-state index contributed by atoms with van der Waals surface area (Å²) < 4.78 is 22.7. The standard InChI is InChI=1S/C68H115NO13/c1-3-5-7-9-11-13-15-17-18-19-20-21-22-23-24-25-26-27-28-29-30-31-32-33-34-35-36-37-38-40-42-44-46-48-50-52-60(73)69-56(57(72)51-49-47-45-43-41-39-16-14-12-10-8-6-4-2)55-79-67-65(78)63(76)66(59(54-71)81-67)82-68-64(77)62(75)61(74)58(53-70)80-68/h5,7,11,13,17-18,20-21,23-24,26-27,29-30,41,43,49,51,56-59,61-68,70-72,74-78H,3-4,6,8-10,12,14-16,19,22,25,28,31-40,42,44-48,50,52-55H2,1-2H3,(H,69,73)/b7-5-,13-11-,18-17-,21-20-,24-23-,27-26-,30-29-,43-41+,51-49+. The number of ether oxygens (including phenoxy) is 4. The first kappa shape index (κ1) is 74.7. The summed E-state index contributed by atoms with van der Waals surface area (Å²) in [6.07, 6.45) is 57.2. The van der Waals surface area contributed by atoms with Crippen molar-refractivity contribution in [2.24, 2.45) is 0 Å². The number of carbonyl (C=O) groups is 1. The van der Waals surface area contributed by atoms with E-state index in [-0.39, 0.29) is 18.9 Å². The monoisotopic (exact) mass is 1150 g/mol. The van der Waals surface area contributed by atoms with Crippen LogP contribution in [0.25, 0.3) is 0 Å². The summed E-state index contributed by atoms with van der Waals surface area (Å²) in [6, 6.07) is -0.937. The van der Waals surface area contributed by atoms with Gasteiger partial charge in [0.15, 0.2) is 12.6 Å². The molecule has 1 amide bonds. The van der Waals surface area contributed by atoms with Crippen LogP contribution in [0.1, 0.15) is 219 Å². The van der Waals surface area contributed by atoms with Gasteiger partial charge in [-0.05, 0) is 89.9 Å². The normalized spacial score (nSPS) is 24.7. The molecule has 2 aliphatic heterocycles. The van der Waals surface area contributed by atoms with E-state index in [0.717, 1.165) is 83.5 Å². The van der Waals surface area contributed by atoms with Gasteiger partial charge in [0.25, 0.3) is 0 Å². The summed E-state index contributed by atoms with van der Waals surface area (Å²) in [6.45, 7) is 2.64. The van der Waals surface area contributed by atoms with E-state index in [2.05, 4.69) is 116 Å². The minimum atomic E-state index is -1.79. The van der Waals surface area contributed by atoms with Crippen LogP contribution >= 0.6 is 0 Å². The Morgan fingerprint density at radius 1 is 0.451 bits per heavy atom. The molecule has 0 aromatic heterocycles. The zero-order chi connectivity index (χ0) is 59.5. The highest BCUT2D eigenvalue weighted by Crippen LogP contribution is 2.30. The van der Waals surface area contributed by atoms with Gasteiger partial charge in [-0.1, -0.05) is 232 Å². The molecule has 12 atom stereocenters. The van der Waals surface area contributed by atoms with Crippen LogP contribution in [0.5, 0.6) is 0 Å². The third kappa shape index (κ3) is 36.5. The molecule has 2 rings (SSSR count). The quantitative estimate of drug-likeness (QED) is 0.0204. The number of allylic oxidation sites excluding steroid dienone is 17. The van der Waals surface area contributed by atoms with Crippen molar-refractivity contribution in [1.29, 1.82) is 0 Å². The number of aliphatic hydroxyl groups excluding tert-OH is 8. The van der Waals surface area contributed by atoms with E-state index < -0.39 is 86.8 Å². The summed E-state index contributed by atoms with van der Waals surface area (Å²) in [5.74, 6) is -0.256. The Morgan fingerprint density at radius 3 is 1.34 bits per heavy atom. The van der Waals surface area contributed by atoms with Crippen LogP contribution in [0, 0.1) is 0 Å². The van der Waals surface area contributed by atoms with Gasteiger partial charge in [-0.3, -0.25) is 4.79 Å². The molecule has 0 saturated carbocycles. The molecule has 0 bridgehead atoms. The second kappa shape index (κ2) is 52.0. The van der Waals surface area contributed by atoms with E-state index in [4.69, 9.17) is 18.9 Å². The van der Waals surface area contributed by atoms with Gasteiger partial charge in [0.05, 0.1) is 32.0 Å². The number of nitrogens with one attached hydrogen (secondary N) is 1. The van der Waals surface area contributed by atoms with Gasteiger partial charge in [-0.2, -0.15) is 0 Å². The van der Waals surface area contributed by atoms with E-state index >= 15 is 0 Å². The molecule has 82 heavy (non-hydrogen) atoms. The molecule has 2 fully saturated rings. The first-order chi connectivity index (χ1) is 40.1. The van der Waals surface area contributed by atoms with Gasteiger partial charge in [0, 0.05) is 6.42 Å². The average Bonchev–Trinajstić information content (AvgIpc) is 3.56. The lowest BCUT2D eigenvalue weighted by Crippen LogP contribution is -2.65. The number of hydrogen-bond acceptors (Lipinski definition) is 13. The second-order valence-electron chi connectivity index (χ2n) is 22.1. The largest absolute Gasteiger partial charge is 0.394 e. The van der Waals surface area contributed by atoms with E-state index in [1.165, 1.54) is 103 Å². The molecule has 0 aromatic rings. The molecule has 12 unspecified atom stereocenters. The number of unbranched alkanes of at least 4 members (excludes halogenated alkanes) is 21. The summed E-state index contributed by atoms with van der Waals surface area (Å²) in [5.41, 5.74) is 0. The van der Waals surface area contributed by atoms with Gasteiger partial charge < -0.3 is 65.1 Å². The number of carbonyl (C=O) groups excluding carboxylic acids is 1. The Balaban J connectivity index is 1.64. The van der Waals surface area contributed by atoms with Crippen molar-refractivity contribution in [2.45, 2.75) is 293 Å². The molecular weight excluding hydrogens is 1040 g/mol. The first-order valence-electron chi connectivity index (χ1n) is 32.1. The molecular formula is C68H115NO13. The third-order valence-corrected chi connectivity index (χ3v) is 14.9. The van der Waals surface area contributed by atoms with Crippen LogP contribution in [0.4, 0.5) is 0 Å². The summed E-state index contributed by atoms with van der Waals surface area (Å²) in [7, 11) is 0. The van der Waals surface area contributed by atoms with Crippen molar-refractivity contribution in [2.75, 3.05) is 19.8 Å². The summed E-state index contributed by atoms with van der Waals surface area (Å²) in [4.78, 5) is 13.3. The van der Waals surface area contributed by atoms with Crippen molar-refractivity contribution in [3.63, 3.8) is 0 Å². The highest BCUT2D eigenvalue weighted by atomic mass is 16.7. The smallest absolute Gasteiger partial charge is 0.220 e. The average molecular weight is 1150 g/mol. The number of rotatable bonds is 50. The van der Waals surface area contributed by atoms with Gasteiger partial charge in [0.1, 0.15) is 48.8 Å². The van der Waals surface area contributed by atoms with E-state index in [1.807, 2.05) is 6.08 Å². The molecule has 470 valence electrons. The third-order valence-electron chi connectivity index (χ3n) is 14.9. The minimum Gasteiger partial charge on any atom is -0.394 e. The maximum Gasteiger partial charge on any atom is 0.220 e. The lowest BCUT2D eigenvalue weighted by molar-refractivity contribution is -0.359. The van der Waals surface area contributed by atoms with Crippen molar-refractivity contribution in [3.05, 3.63) is 109 Å². The Kier molecular flexibility index (Phi) is 47.4.